The minimum atomic E-state index is -1.18. The molecule has 320 valence electrons. The number of hydrogen-bond donors (Lipinski definition) is 10. The topological polar surface area (TPSA) is 257 Å². The second kappa shape index (κ2) is 22.7. The van der Waals surface area contributed by atoms with Crippen LogP contribution in [0.5, 0.6) is 0 Å². The predicted octanol–water partition coefficient (Wildman–Crippen LogP) is 0.559. The minimum absolute atomic E-state index is 0.0214. The van der Waals surface area contributed by atoms with Crippen LogP contribution >= 0.6 is 21.6 Å². The standard InChI is InChI=1S/C41H56N8O8S2/c1-24(51)33(22-50)47-40(56)34-23-59-58-18-16-35(52)44-31(19-25-9-3-2-4-10-25)38(54)46-32(20-27-21-43-29-12-6-5-11-28(27)29)39(55)45-30(13-7-8-17-42)37(53)49-36(26-14-15-26)41(57)48-34/h2-6,9-12,21,24,26,30-34,36,43,50-51H,7-8,13-20,22-23,42H2,1H3,(H,44,52)(H,45,55)(H,46,54)(H,47,56)(H,48,57)(H,49,53)/t24-,30+,31+,32-,33-,34+,36+/m1/s1. The van der Waals surface area contributed by atoms with Crippen molar-refractivity contribution in [1.29, 1.82) is 0 Å². The van der Waals surface area contributed by atoms with Crippen LogP contribution in [-0.2, 0) is 41.6 Å². The van der Waals surface area contributed by atoms with Gasteiger partial charge in [-0.2, -0.15) is 0 Å². The Morgan fingerprint density at radius 3 is 2.20 bits per heavy atom. The Kier molecular flexibility index (Phi) is 17.5. The molecule has 5 rings (SSSR count). The van der Waals surface area contributed by atoms with E-state index < -0.39 is 84.4 Å². The van der Waals surface area contributed by atoms with Crippen molar-refractivity contribution < 1.29 is 39.0 Å². The molecule has 59 heavy (non-hydrogen) atoms. The number of fused-ring (bicyclic) bond motifs is 1. The molecule has 0 spiro atoms. The fraction of sp³-hybridized carbons (Fsp3) is 0.512. The Labute approximate surface area is 351 Å². The molecule has 0 radical (unpaired) electrons. The second-order valence-electron chi connectivity index (χ2n) is 15.1. The molecule has 7 atom stereocenters. The number of nitrogens with one attached hydrogen (secondary N) is 7. The zero-order chi connectivity index (χ0) is 42.3. The molecule has 18 heteroatoms. The van der Waals surface area contributed by atoms with E-state index in [1.54, 1.807) is 6.20 Å². The summed E-state index contributed by atoms with van der Waals surface area (Å²) in [5, 5.41) is 37.5. The SMILES string of the molecule is C[C@@H](O)[C@@H](CO)NC(=O)[C@@H]1CSSCCC(=O)N[C@@H](Cc2ccccc2)C(=O)N[C@H](Cc2c[nH]c3ccccc23)C(=O)N[C@@H](CCCCN)C(=O)N[C@@H](C2CC2)C(=O)N1. The maximum atomic E-state index is 14.4. The number of rotatable bonds is 13. The third kappa shape index (κ3) is 13.7. The number of aromatic amines is 1. The summed E-state index contributed by atoms with van der Waals surface area (Å²) in [5.74, 6) is -3.33. The zero-order valence-electron chi connectivity index (χ0n) is 33.1. The van der Waals surface area contributed by atoms with E-state index in [2.05, 4.69) is 36.9 Å². The van der Waals surface area contributed by atoms with Crippen molar-refractivity contribution in [2.24, 2.45) is 11.7 Å². The monoisotopic (exact) mass is 852 g/mol. The molecular formula is C41H56N8O8S2. The highest BCUT2D eigenvalue weighted by molar-refractivity contribution is 8.76. The van der Waals surface area contributed by atoms with Gasteiger partial charge in [-0.15, -0.1) is 0 Å². The maximum Gasteiger partial charge on any atom is 0.243 e. The largest absolute Gasteiger partial charge is 0.394 e. The van der Waals surface area contributed by atoms with Crippen molar-refractivity contribution in [1.82, 2.24) is 36.9 Å². The fourth-order valence-electron chi connectivity index (χ4n) is 6.80. The van der Waals surface area contributed by atoms with Gasteiger partial charge in [0.25, 0.3) is 0 Å². The lowest BCUT2D eigenvalue weighted by atomic mass is 10.0. The van der Waals surface area contributed by atoms with Crippen LogP contribution in [0.15, 0.2) is 60.8 Å². The number of unbranched alkanes of at least 4 members (excludes halogenated alkanes) is 1. The highest BCUT2D eigenvalue weighted by Gasteiger charge is 2.40. The summed E-state index contributed by atoms with van der Waals surface area (Å²) in [6.07, 6.45) is 3.46. The van der Waals surface area contributed by atoms with Crippen LogP contribution in [0.2, 0.25) is 0 Å². The number of nitrogens with two attached hydrogens (primary N) is 1. The lowest BCUT2D eigenvalue weighted by Gasteiger charge is -2.28. The first kappa shape index (κ1) is 45.5. The summed E-state index contributed by atoms with van der Waals surface area (Å²) in [7, 11) is 2.53. The molecule has 2 heterocycles. The van der Waals surface area contributed by atoms with Gasteiger partial charge in [-0.3, -0.25) is 28.8 Å². The summed E-state index contributed by atoms with van der Waals surface area (Å²) < 4.78 is 0. The molecule has 1 aromatic heterocycles. The molecule has 16 nitrogen and oxygen atoms in total. The summed E-state index contributed by atoms with van der Waals surface area (Å²) in [6.45, 7) is 1.24. The zero-order valence-corrected chi connectivity index (χ0v) is 34.7. The van der Waals surface area contributed by atoms with E-state index in [4.69, 9.17) is 5.73 Å². The van der Waals surface area contributed by atoms with Crippen molar-refractivity contribution in [2.45, 2.75) is 101 Å². The lowest BCUT2D eigenvalue weighted by Crippen LogP contribution is -2.60. The lowest BCUT2D eigenvalue weighted by molar-refractivity contribution is -0.135. The first-order valence-electron chi connectivity index (χ1n) is 20.1. The Morgan fingerprint density at radius 2 is 1.51 bits per heavy atom. The van der Waals surface area contributed by atoms with Crippen molar-refractivity contribution in [3.63, 3.8) is 0 Å². The summed E-state index contributed by atoms with van der Waals surface area (Å²) >= 11 is 0. The molecule has 1 saturated carbocycles. The Bertz CT molecular complexity index is 1890. The van der Waals surface area contributed by atoms with Gasteiger partial charge in [0.15, 0.2) is 0 Å². The van der Waals surface area contributed by atoms with Crippen LogP contribution in [-0.4, -0.2) is 118 Å². The average molecular weight is 853 g/mol. The number of aromatic nitrogens is 1. The number of benzene rings is 2. The van der Waals surface area contributed by atoms with Crippen LogP contribution in [0.3, 0.4) is 0 Å². The molecule has 0 bridgehead atoms. The number of para-hydroxylation sites is 1. The number of aliphatic hydroxyl groups excluding tert-OH is 2. The number of carbonyl (C=O) groups is 6. The van der Waals surface area contributed by atoms with E-state index in [9.17, 15) is 39.0 Å². The van der Waals surface area contributed by atoms with E-state index in [1.165, 1.54) is 28.5 Å². The van der Waals surface area contributed by atoms with Gasteiger partial charge in [0.1, 0.15) is 30.2 Å². The van der Waals surface area contributed by atoms with Gasteiger partial charge >= 0.3 is 0 Å². The quantitative estimate of drug-likeness (QED) is 0.0840. The summed E-state index contributed by atoms with van der Waals surface area (Å²) in [4.78, 5) is 86.7. The van der Waals surface area contributed by atoms with Crippen LogP contribution < -0.4 is 37.6 Å². The van der Waals surface area contributed by atoms with Crippen molar-refractivity contribution in [2.75, 3.05) is 24.7 Å². The van der Waals surface area contributed by atoms with E-state index >= 15 is 0 Å². The van der Waals surface area contributed by atoms with Crippen LogP contribution in [0, 0.1) is 5.92 Å². The average Bonchev–Trinajstić information content (AvgIpc) is 3.99. The van der Waals surface area contributed by atoms with Crippen LogP contribution in [0.4, 0.5) is 0 Å². The van der Waals surface area contributed by atoms with E-state index in [1.807, 2.05) is 54.6 Å². The first-order chi connectivity index (χ1) is 28.5. The first-order valence-corrected chi connectivity index (χ1v) is 22.6. The van der Waals surface area contributed by atoms with Gasteiger partial charge in [0.2, 0.25) is 35.4 Å². The van der Waals surface area contributed by atoms with Crippen LogP contribution in [0.25, 0.3) is 10.9 Å². The molecule has 0 unspecified atom stereocenters. The van der Waals surface area contributed by atoms with Gasteiger partial charge in [0.05, 0.1) is 18.8 Å². The van der Waals surface area contributed by atoms with Gasteiger partial charge < -0.3 is 52.8 Å². The van der Waals surface area contributed by atoms with E-state index in [0.717, 1.165) is 22.0 Å². The normalized spacial score (nSPS) is 24.1. The highest BCUT2D eigenvalue weighted by atomic mass is 33.1. The van der Waals surface area contributed by atoms with Crippen molar-refractivity contribution in [3.8, 4) is 0 Å². The molecule has 2 aliphatic rings. The maximum absolute atomic E-state index is 14.4. The molecular weight excluding hydrogens is 797 g/mol. The molecule has 2 fully saturated rings. The Morgan fingerprint density at radius 1 is 0.831 bits per heavy atom. The second-order valence-corrected chi connectivity index (χ2v) is 17.7. The molecule has 1 saturated heterocycles. The molecule has 2 aromatic carbocycles. The summed E-state index contributed by atoms with van der Waals surface area (Å²) in [5.41, 5.74) is 8.16. The van der Waals surface area contributed by atoms with Gasteiger partial charge in [0, 0.05) is 47.9 Å². The Hall–Kier alpha value is -4.62. The smallest absolute Gasteiger partial charge is 0.243 e. The van der Waals surface area contributed by atoms with Gasteiger partial charge in [-0.25, -0.2) is 0 Å². The molecule has 11 N–H and O–H groups in total. The molecule has 3 aromatic rings. The van der Waals surface area contributed by atoms with Gasteiger partial charge in [-0.1, -0.05) is 70.1 Å². The predicted molar refractivity (Wildman–Crippen MR) is 228 cm³/mol. The third-order valence-electron chi connectivity index (χ3n) is 10.4. The number of carbonyl (C=O) groups excluding carboxylic acids is 6. The number of aliphatic hydroxyl groups is 2. The Balaban J connectivity index is 1.47. The van der Waals surface area contributed by atoms with Crippen molar-refractivity contribution >= 4 is 67.9 Å². The molecule has 1 aliphatic carbocycles. The van der Waals surface area contributed by atoms with E-state index in [-0.39, 0.29) is 37.4 Å². The summed E-state index contributed by atoms with van der Waals surface area (Å²) in [6, 6.07) is 10.3. The highest BCUT2D eigenvalue weighted by Crippen LogP contribution is 2.33. The third-order valence-corrected chi connectivity index (χ3v) is 12.8. The van der Waals surface area contributed by atoms with E-state index in [0.29, 0.717) is 38.0 Å². The van der Waals surface area contributed by atoms with Gasteiger partial charge in [-0.05, 0) is 68.7 Å². The molecule has 1 aliphatic heterocycles. The van der Waals surface area contributed by atoms with Crippen LogP contribution in [0.1, 0.15) is 56.6 Å². The molecule has 6 amide bonds. The number of amides is 6. The van der Waals surface area contributed by atoms with Crippen molar-refractivity contribution in [3.05, 3.63) is 71.9 Å². The minimum Gasteiger partial charge on any atom is -0.394 e. The number of hydrogen-bond acceptors (Lipinski definition) is 11. The number of H-pyrrole nitrogens is 1. The fourth-order valence-corrected chi connectivity index (χ4v) is 8.95.